The number of amides is 2. The van der Waals surface area contributed by atoms with Crippen molar-refractivity contribution in [3.8, 4) is 0 Å². The van der Waals surface area contributed by atoms with Gasteiger partial charge in [-0.25, -0.2) is 4.39 Å². The molecule has 1 atom stereocenters. The van der Waals surface area contributed by atoms with Crippen molar-refractivity contribution in [2.45, 2.75) is 26.7 Å². The Morgan fingerprint density at radius 1 is 1.11 bits per heavy atom. The Bertz CT molecular complexity index is 848. The number of carbonyl (C=O) groups excluding carboxylic acids is 2. The van der Waals surface area contributed by atoms with Crippen LogP contribution in [0.5, 0.6) is 0 Å². The zero-order valence-corrected chi connectivity index (χ0v) is 16.0. The van der Waals surface area contributed by atoms with E-state index in [-0.39, 0.29) is 23.5 Å². The number of nitrogens with zero attached hydrogens (tertiary/aromatic N) is 2. The van der Waals surface area contributed by atoms with Gasteiger partial charge in [0.2, 0.25) is 5.91 Å². The first-order valence-corrected chi connectivity index (χ1v) is 9.26. The maximum atomic E-state index is 13.1. The minimum Gasteiger partial charge on any atom is -0.338 e. The van der Waals surface area contributed by atoms with Crippen molar-refractivity contribution in [1.82, 2.24) is 4.90 Å². The minimum atomic E-state index is -0.367. The van der Waals surface area contributed by atoms with E-state index in [1.807, 2.05) is 32.0 Å². The molecule has 142 valence electrons. The third kappa shape index (κ3) is 4.18. The highest BCUT2D eigenvalue weighted by Crippen LogP contribution is 2.26. The number of halogens is 1. The van der Waals surface area contributed by atoms with Gasteiger partial charge in [0, 0.05) is 31.4 Å². The van der Waals surface area contributed by atoms with Crippen LogP contribution in [0.25, 0.3) is 0 Å². The molecule has 1 saturated heterocycles. The summed E-state index contributed by atoms with van der Waals surface area (Å²) < 4.78 is 13.1. The fraction of sp³-hybridized carbons (Fsp3) is 0.364. The van der Waals surface area contributed by atoms with E-state index < -0.39 is 0 Å². The van der Waals surface area contributed by atoms with Gasteiger partial charge < -0.3 is 9.80 Å². The average Bonchev–Trinajstić information content (AvgIpc) is 2.69. The highest BCUT2D eigenvalue weighted by Gasteiger charge is 2.31. The molecule has 27 heavy (non-hydrogen) atoms. The van der Waals surface area contributed by atoms with E-state index in [1.165, 1.54) is 24.3 Å². The van der Waals surface area contributed by atoms with Gasteiger partial charge >= 0.3 is 0 Å². The van der Waals surface area contributed by atoms with Crippen LogP contribution in [-0.4, -0.2) is 36.9 Å². The average molecular weight is 368 g/mol. The van der Waals surface area contributed by atoms with E-state index in [9.17, 15) is 14.0 Å². The van der Waals surface area contributed by atoms with Crippen LogP contribution in [0.2, 0.25) is 0 Å². The summed E-state index contributed by atoms with van der Waals surface area (Å²) in [5, 5.41) is 0. The number of carbonyl (C=O) groups is 2. The van der Waals surface area contributed by atoms with Crippen molar-refractivity contribution in [1.29, 1.82) is 0 Å². The zero-order chi connectivity index (χ0) is 19.6. The summed E-state index contributed by atoms with van der Waals surface area (Å²) in [6.45, 7) is 5.01. The Labute approximate surface area is 159 Å². The molecule has 1 fully saturated rings. The van der Waals surface area contributed by atoms with Gasteiger partial charge in [0.05, 0.1) is 5.92 Å². The van der Waals surface area contributed by atoms with E-state index in [0.29, 0.717) is 18.7 Å². The number of aryl methyl sites for hydroxylation is 2. The van der Waals surface area contributed by atoms with Crippen LogP contribution in [0, 0.1) is 25.6 Å². The lowest BCUT2D eigenvalue weighted by atomic mass is 9.95. The van der Waals surface area contributed by atoms with Crippen molar-refractivity contribution in [2.75, 3.05) is 25.0 Å². The molecule has 2 aromatic carbocycles. The standard InChI is InChI=1S/C22H25FN2O2/c1-15-6-7-16(2)20(13-15)24(3)21(26)18-5-4-12-25(14-18)22(27)17-8-10-19(23)11-9-17/h6-11,13,18H,4-5,12,14H2,1-3H3. The molecule has 0 bridgehead atoms. The Hall–Kier alpha value is -2.69. The van der Waals surface area contributed by atoms with E-state index in [2.05, 4.69) is 0 Å². The molecule has 0 aliphatic carbocycles. The van der Waals surface area contributed by atoms with E-state index in [1.54, 1.807) is 16.8 Å². The van der Waals surface area contributed by atoms with Gasteiger partial charge in [0.15, 0.2) is 0 Å². The summed E-state index contributed by atoms with van der Waals surface area (Å²) in [5.41, 5.74) is 3.51. The Morgan fingerprint density at radius 2 is 1.81 bits per heavy atom. The molecule has 5 heteroatoms. The lowest BCUT2D eigenvalue weighted by molar-refractivity contribution is -0.123. The van der Waals surface area contributed by atoms with Crippen LogP contribution in [0.15, 0.2) is 42.5 Å². The third-order valence-corrected chi connectivity index (χ3v) is 5.21. The van der Waals surface area contributed by atoms with E-state index in [0.717, 1.165) is 29.7 Å². The number of anilines is 1. The van der Waals surface area contributed by atoms with E-state index in [4.69, 9.17) is 0 Å². The molecule has 0 radical (unpaired) electrons. The maximum absolute atomic E-state index is 13.1. The molecule has 1 unspecified atom stereocenters. The molecule has 0 saturated carbocycles. The fourth-order valence-corrected chi connectivity index (χ4v) is 3.61. The third-order valence-electron chi connectivity index (χ3n) is 5.21. The summed E-state index contributed by atoms with van der Waals surface area (Å²) in [5.74, 6) is -0.719. The Morgan fingerprint density at radius 3 is 2.52 bits per heavy atom. The van der Waals surface area contributed by atoms with Crippen LogP contribution in [0.3, 0.4) is 0 Å². The molecule has 0 N–H and O–H groups in total. The first-order chi connectivity index (χ1) is 12.9. The van der Waals surface area contributed by atoms with Gasteiger partial charge in [-0.1, -0.05) is 12.1 Å². The SMILES string of the molecule is Cc1ccc(C)c(N(C)C(=O)C2CCCN(C(=O)c3ccc(F)cc3)C2)c1. The normalized spacial score (nSPS) is 16.9. The van der Waals surface area contributed by atoms with Gasteiger partial charge in [-0.05, 0) is 68.1 Å². The second-order valence-corrected chi connectivity index (χ2v) is 7.28. The summed E-state index contributed by atoms with van der Waals surface area (Å²) in [7, 11) is 1.80. The summed E-state index contributed by atoms with van der Waals surface area (Å²) in [6, 6.07) is 11.6. The van der Waals surface area contributed by atoms with Gasteiger partial charge in [0.25, 0.3) is 5.91 Å². The second kappa shape index (κ2) is 7.91. The molecular weight excluding hydrogens is 343 g/mol. The van der Waals surface area contributed by atoms with Crippen LogP contribution in [0.1, 0.15) is 34.3 Å². The minimum absolute atomic E-state index is 0.0281. The van der Waals surface area contributed by atoms with Gasteiger partial charge in [-0.2, -0.15) is 0 Å². The fourth-order valence-electron chi connectivity index (χ4n) is 3.61. The predicted octanol–water partition coefficient (Wildman–Crippen LogP) is 3.96. The van der Waals surface area contributed by atoms with Crippen molar-refractivity contribution in [2.24, 2.45) is 5.92 Å². The van der Waals surface area contributed by atoms with Gasteiger partial charge in [0.1, 0.15) is 5.82 Å². The van der Waals surface area contributed by atoms with E-state index >= 15 is 0 Å². The van der Waals surface area contributed by atoms with Crippen molar-refractivity contribution in [3.05, 3.63) is 65.0 Å². The molecule has 1 aliphatic heterocycles. The van der Waals surface area contributed by atoms with Crippen LogP contribution >= 0.6 is 0 Å². The smallest absolute Gasteiger partial charge is 0.253 e. The summed E-state index contributed by atoms with van der Waals surface area (Å²) in [6.07, 6.45) is 1.55. The molecule has 3 rings (SSSR count). The van der Waals surface area contributed by atoms with Crippen molar-refractivity contribution >= 4 is 17.5 Å². The zero-order valence-electron chi connectivity index (χ0n) is 16.0. The molecular formula is C22H25FN2O2. The largest absolute Gasteiger partial charge is 0.338 e. The highest BCUT2D eigenvalue weighted by molar-refractivity contribution is 5.97. The molecule has 4 nitrogen and oxygen atoms in total. The van der Waals surface area contributed by atoms with Gasteiger partial charge in [-0.3, -0.25) is 9.59 Å². The topological polar surface area (TPSA) is 40.6 Å². The lowest BCUT2D eigenvalue weighted by Gasteiger charge is -2.34. The van der Waals surface area contributed by atoms with Crippen LogP contribution in [0.4, 0.5) is 10.1 Å². The molecule has 2 amide bonds. The number of piperidine rings is 1. The summed E-state index contributed by atoms with van der Waals surface area (Å²) in [4.78, 5) is 29.2. The van der Waals surface area contributed by atoms with Crippen LogP contribution in [-0.2, 0) is 4.79 Å². The number of hydrogen-bond acceptors (Lipinski definition) is 2. The van der Waals surface area contributed by atoms with Crippen molar-refractivity contribution in [3.63, 3.8) is 0 Å². The molecule has 0 spiro atoms. The number of rotatable bonds is 3. The number of benzene rings is 2. The Kier molecular flexibility index (Phi) is 5.59. The number of likely N-dealkylation sites (tertiary alicyclic amines) is 1. The number of hydrogen-bond donors (Lipinski definition) is 0. The monoisotopic (exact) mass is 368 g/mol. The van der Waals surface area contributed by atoms with Crippen molar-refractivity contribution < 1.29 is 14.0 Å². The molecule has 2 aromatic rings. The molecule has 1 heterocycles. The van der Waals surface area contributed by atoms with Crippen LogP contribution < -0.4 is 4.90 Å². The lowest BCUT2D eigenvalue weighted by Crippen LogP contribution is -2.46. The molecule has 0 aromatic heterocycles. The second-order valence-electron chi connectivity index (χ2n) is 7.28. The predicted molar refractivity (Wildman–Crippen MR) is 104 cm³/mol. The molecule has 1 aliphatic rings. The first kappa shape index (κ1) is 19.1. The Balaban J connectivity index is 1.73. The highest BCUT2D eigenvalue weighted by atomic mass is 19.1. The van der Waals surface area contributed by atoms with Gasteiger partial charge in [-0.15, -0.1) is 0 Å². The summed E-state index contributed by atoms with van der Waals surface area (Å²) >= 11 is 0. The maximum Gasteiger partial charge on any atom is 0.253 e. The quantitative estimate of drug-likeness (QED) is 0.823. The first-order valence-electron chi connectivity index (χ1n) is 9.26.